The zero-order valence-electron chi connectivity index (χ0n) is 15.2. The van der Waals surface area contributed by atoms with Crippen LogP contribution in [0.2, 0.25) is 0 Å². The number of hydrogen-bond donors (Lipinski definition) is 2. The van der Waals surface area contributed by atoms with Gasteiger partial charge in [0.25, 0.3) is 0 Å². The number of nitrogens with one attached hydrogen (secondary N) is 1. The van der Waals surface area contributed by atoms with Crippen molar-refractivity contribution in [3.05, 3.63) is 63.5 Å². The van der Waals surface area contributed by atoms with Gasteiger partial charge in [-0.15, -0.1) is 0 Å². The third-order valence-corrected chi connectivity index (χ3v) is 5.08. The Kier molecular flexibility index (Phi) is 4.95. The zero-order valence-corrected chi connectivity index (χ0v) is 16.0. The Hall–Kier alpha value is -2.86. The minimum absolute atomic E-state index is 0.106. The van der Waals surface area contributed by atoms with Gasteiger partial charge in [0.15, 0.2) is 5.13 Å². The lowest BCUT2D eigenvalue weighted by molar-refractivity contribution is 0.104. The molecular formula is C20H21N3O2S. The lowest BCUT2D eigenvalue weighted by Crippen LogP contribution is -2.05. The molecule has 0 aliphatic carbocycles. The Morgan fingerprint density at radius 1 is 1.12 bits per heavy atom. The molecule has 6 heteroatoms. The van der Waals surface area contributed by atoms with Crippen LogP contribution in [-0.4, -0.2) is 17.9 Å². The topological polar surface area (TPSA) is 77.2 Å². The molecule has 0 aliphatic heterocycles. The summed E-state index contributed by atoms with van der Waals surface area (Å²) in [5, 5.41) is 3.76. The Labute approximate surface area is 156 Å². The molecule has 26 heavy (non-hydrogen) atoms. The molecule has 1 heterocycles. The molecule has 0 atom stereocenters. The zero-order chi connectivity index (χ0) is 18.8. The first-order chi connectivity index (χ1) is 12.4. The Balaban J connectivity index is 1.94. The molecule has 0 fully saturated rings. The second kappa shape index (κ2) is 7.17. The fraction of sp³-hybridized carbons (Fsp3) is 0.200. The van der Waals surface area contributed by atoms with E-state index in [0.717, 1.165) is 22.4 Å². The van der Waals surface area contributed by atoms with Crippen LogP contribution in [0.3, 0.4) is 0 Å². The lowest BCUT2D eigenvalue weighted by atomic mass is 10.0. The fourth-order valence-corrected chi connectivity index (χ4v) is 3.54. The van der Waals surface area contributed by atoms with Crippen LogP contribution in [0.5, 0.6) is 5.75 Å². The molecule has 3 N–H and O–H groups in total. The Morgan fingerprint density at radius 3 is 2.54 bits per heavy atom. The highest BCUT2D eigenvalue weighted by molar-refractivity contribution is 7.18. The molecule has 0 unspecified atom stereocenters. The summed E-state index contributed by atoms with van der Waals surface area (Å²) in [6, 6.07) is 11.6. The van der Waals surface area contributed by atoms with Gasteiger partial charge in [-0.2, -0.15) is 0 Å². The average molecular weight is 367 g/mol. The molecule has 0 amide bonds. The summed E-state index contributed by atoms with van der Waals surface area (Å²) in [5.74, 6) is 0.826. The number of ketones is 1. The maximum absolute atomic E-state index is 12.9. The normalized spacial score (nSPS) is 10.6. The third kappa shape index (κ3) is 3.55. The molecular weight excluding hydrogens is 346 g/mol. The number of ether oxygens (including phenoxy) is 1. The van der Waals surface area contributed by atoms with Crippen molar-refractivity contribution in [1.29, 1.82) is 0 Å². The van der Waals surface area contributed by atoms with Crippen molar-refractivity contribution in [2.24, 2.45) is 0 Å². The van der Waals surface area contributed by atoms with Gasteiger partial charge >= 0.3 is 0 Å². The summed E-state index contributed by atoms with van der Waals surface area (Å²) >= 11 is 1.24. The van der Waals surface area contributed by atoms with Crippen LogP contribution in [-0.2, 0) is 0 Å². The first kappa shape index (κ1) is 17.9. The van der Waals surface area contributed by atoms with E-state index in [1.54, 1.807) is 7.11 Å². The van der Waals surface area contributed by atoms with Crippen molar-refractivity contribution < 1.29 is 9.53 Å². The maximum atomic E-state index is 12.9. The van der Waals surface area contributed by atoms with Crippen LogP contribution in [0.4, 0.5) is 16.6 Å². The number of nitrogens with two attached hydrogens (primary N) is 1. The number of benzene rings is 2. The molecule has 0 aliphatic rings. The van der Waals surface area contributed by atoms with E-state index in [1.807, 2.05) is 57.2 Å². The van der Waals surface area contributed by atoms with Gasteiger partial charge in [0.1, 0.15) is 16.4 Å². The number of rotatable bonds is 5. The Morgan fingerprint density at radius 2 is 1.81 bits per heavy atom. The summed E-state index contributed by atoms with van der Waals surface area (Å²) in [5.41, 5.74) is 10.5. The molecule has 0 saturated carbocycles. The number of anilines is 3. The number of thiazole rings is 1. The summed E-state index contributed by atoms with van der Waals surface area (Å²) in [7, 11) is 1.61. The third-order valence-electron chi connectivity index (χ3n) is 4.09. The predicted molar refractivity (Wildman–Crippen MR) is 107 cm³/mol. The number of carbonyl (C=O) groups is 1. The first-order valence-electron chi connectivity index (χ1n) is 8.19. The number of nitrogen functional groups attached to an aromatic ring is 1. The number of carbonyl (C=O) groups excluding carboxylic acids is 1. The highest BCUT2D eigenvalue weighted by atomic mass is 32.1. The van der Waals surface area contributed by atoms with E-state index in [4.69, 9.17) is 10.5 Å². The van der Waals surface area contributed by atoms with Crippen LogP contribution in [0, 0.1) is 20.8 Å². The summed E-state index contributed by atoms with van der Waals surface area (Å²) in [4.78, 5) is 17.7. The van der Waals surface area contributed by atoms with Crippen molar-refractivity contribution >= 4 is 33.8 Å². The fourth-order valence-electron chi connectivity index (χ4n) is 2.69. The van der Waals surface area contributed by atoms with Crippen LogP contribution in [0.25, 0.3) is 0 Å². The van der Waals surface area contributed by atoms with E-state index in [-0.39, 0.29) is 11.6 Å². The second-order valence-electron chi connectivity index (χ2n) is 6.21. The minimum Gasteiger partial charge on any atom is -0.495 e. The van der Waals surface area contributed by atoms with Gasteiger partial charge in [-0.1, -0.05) is 35.1 Å². The number of nitrogens with zero attached hydrogens (tertiary/aromatic N) is 1. The number of methoxy groups -OCH3 is 1. The van der Waals surface area contributed by atoms with Gasteiger partial charge in [-0.05, 0) is 50.1 Å². The summed E-state index contributed by atoms with van der Waals surface area (Å²) in [6.07, 6.45) is 0. The highest BCUT2D eigenvalue weighted by Crippen LogP contribution is 2.34. The van der Waals surface area contributed by atoms with E-state index in [0.29, 0.717) is 21.3 Å². The molecule has 1 aromatic heterocycles. The molecule has 0 spiro atoms. The Bertz CT molecular complexity index is 979. The van der Waals surface area contributed by atoms with Crippen LogP contribution < -0.4 is 15.8 Å². The quantitative estimate of drug-likeness (QED) is 0.643. The summed E-state index contributed by atoms with van der Waals surface area (Å²) < 4.78 is 5.37. The predicted octanol–water partition coefficient (Wildman–Crippen LogP) is 4.63. The van der Waals surface area contributed by atoms with E-state index in [2.05, 4.69) is 10.3 Å². The molecule has 0 bridgehead atoms. The SMILES string of the molecule is COc1ccc(C)cc1Nc1nc(N)c(C(=O)c2cc(C)ccc2C)s1. The second-order valence-corrected chi connectivity index (χ2v) is 7.21. The van der Waals surface area contributed by atoms with Gasteiger partial charge in [0.2, 0.25) is 5.78 Å². The molecule has 134 valence electrons. The van der Waals surface area contributed by atoms with Crippen molar-refractivity contribution in [1.82, 2.24) is 4.98 Å². The first-order valence-corrected chi connectivity index (χ1v) is 9.00. The van der Waals surface area contributed by atoms with Crippen LogP contribution in [0.15, 0.2) is 36.4 Å². The van der Waals surface area contributed by atoms with Crippen molar-refractivity contribution in [2.75, 3.05) is 18.2 Å². The van der Waals surface area contributed by atoms with Gasteiger partial charge < -0.3 is 15.8 Å². The van der Waals surface area contributed by atoms with Gasteiger partial charge in [0, 0.05) is 5.56 Å². The van der Waals surface area contributed by atoms with Crippen molar-refractivity contribution in [3.63, 3.8) is 0 Å². The molecule has 2 aromatic carbocycles. The van der Waals surface area contributed by atoms with E-state index >= 15 is 0 Å². The number of aromatic nitrogens is 1. The van der Waals surface area contributed by atoms with Gasteiger partial charge in [-0.3, -0.25) is 4.79 Å². The monoisotopic (exact) mass is 367 g/mol. The van der Waals surface area contributed by atoms with E-state index in [9.17, 15) is 4.79 Å². The molecule has 3 aromatic rings. The largest absolute Gasteiger partial charge is 0.495 e. The van der Waals surface area contributed by atoms with Crippen molar-refractivity contribution in [3.8, 4) is 5.75 Å². The van der Waals surface area contributed by atoms with E-state index in [1.165, 1.54) is 11.3 Å². The van der Waals surface area contributed by atoms with Crippen LogP contribution >= 0.6 is 11.3 Å². The lowest BCUT2D eigenvalue weighted by Gasteiger charge is -2.09. The van der Waals surface area contributed by atoms with Gasteiger partial charge in [-0.25, -0.2) is 4.98 Å². The minimum atomic E-state index is -0.106. The molecule has 0 radical (unpaired) electrons. The summed E-state index contributed by atoms with van der Waals surface area (Å²) in [6.45, 7) is 5.88. The number of hydrogen-bond acceptors (Lipinski definition) is 6. The van der Waals surface area contributed by atoms with Gasteiger partial charge in [0.05, 0.1) is 12.8 Å². The average Bonchev–Trinajstić information content (AvgIpc) is 2.97. The van der Waals surface area contributed by atoms with Crippen molar-refractivity contribution in [2.45, 2.75) is 20.8 Å². The van der Waals surface area contributed by atoms with E-state index < -0.39 is 0 Å². The maximum Gasteiger partial charge on any atom is 0.207 e. The molecule has 0 saturated heterocycles. The smallest absolute Gasteiger partial charge is 0.207 e. The molecule has 3 rings (SSSR count). The van der Waals surface area contributed by atoms with Crippen LogP contribution in [0.1, 0.15) is 31.9 Å². The highest BCUT2D eigenvalue weighted by Gasteiger charge is 2.20. The number of aryl methyl sites for hydroxylation is 3. The standard InChI is InChI=1S/C20H21N3O2S/c1-11-5-7-13(3)14(9-11)17(24)18-19(21)23-20(26-18)22-15-10-12(2)6-8-16(15)25-4/h5-10H,21H2,1-4H3,(H,22,23). The molecule has 5 nitrogen and oxygen atoms in total.